The number of aromatic nitrogens is 1. The number of nitrogens with two attached hydrogens (primary N) is 2. The Kier molecular flexibility index (Phi) is 3.93. The minimum absolute atomic E-state index is 0.323. The largest absolute Gasteiger partial charge is 0.397 e. The summed E-state index contributed by atoms with van der Waals surface area (Å²) in [6.07, 6.45) is 7.77. The standard InChI is InChI=1S/C14H22N4O/c1-2-14(5-3-4-6-14)9-18-12-7-10(13(16)19)11(15)8-17-12/h7-8H,2-6,9,15H2,1H3,(H2,16,19)(H,17,18). The number of pyridine rings is 1. The predicted molar refractivity (Wildman–Crippen MR) is 76.8 cm³/mol. The average Bonchev–Trinajstić information content (AvgIpc) is 2.87. The van der Waals surface area contributed by atoms with Crippen molar-refractivity contribution in [2.24, 2.45) is 11.1 Å². The first kappa shape index (κ1) is 13.6. The van der Waals surface area contributed by atoms with Crippen LogP contribution in [0, 0.1) is 5.41 Å². The fourth-order valence-corrected chi connectivity index (χ4v) is 2.83. The van der Waals surface area contributed by atoms with Crippen LogP contribution in [0.15, 0.2) is 12.3 Å². The zero-order valence-corrected chi connectivity index (χ0v) is 11.4. The molecule has 0 aromatic carbocycles. The molecule has 1 aromatic rings. The van der Waals surface area contributed by atoms with Crippen molar-refractivity contribution in [1.82, 2.24) is 4.98 Å². The number of nitrogens with one attached hydrogen (secondary N) is 1. The third kappa shape index (κ3) is 2.97. The lowest BCUT2D eigenvalue weighted by molar-refractivity contribution is 0.100. The van der Waals surface area contributed by atoms with E-state index in [4.69, 9.17) is 11.5 Å². The summed E-state index contributed by atoms with van der Waals surface area (Å²) < 4.78 is 0. The lowest BCUT2D eigenvalue weighted by Crippen LogP contribution is -2.26. The van der Waals surface area contributed by atoms with Gasteiger partial charge < -0.3 is 16.8 Å². The monoisotopic (exact) mass is 262 g/mol. The third-order valence-electron chi connectivity index (χ3n) is 4.26. The molecule has 0 saturated heterocycles. The molecule has 0 aliphatic heterocycles. The number of hydrogen-bond acceptors (Lipinski definition) is 4. The van der Waals surface area contributed by atoms with Crippen LogP contribution in [0.2, 0.25) is 0 Å². The van der Waals surface area contributed by atoms with E-state index in [1.807, 2.05) is 0 Å². The fourth-order valence-electron chi connectivity index (χ4n) is 2.83. The van der Waals surface area contributed by atoms with E-state index in [2.05, 4.69) is 17.2 Å². The molecule has 1 saturated carbocycles. The molecule has 5 N–H and O–H groups in total. The van der Waals surface area contributed by atoms with Crippen molar-refractivity contribution in [3.8, 4) is 0 Å². The molecule has 5 nitrogen and oxygen atoms in total. The van der Waals surface area contributed by atoms with Gasteiger partial charge in [0.15, 0.2) is 0 Å². The second kappa shape index (κ2) is 5.47. The molecule has 1 aliphatic carbocycles. The summed E-state index contributed by atoms with van der Waals surface area (Å²) in [4.78, 5) is 15.4. The Morgan fingerprint density at radius 3 is 2.74 bits per heavy atom. The number of nitrogens with zero attached hydrogens (tertiary/aromatic N) is 1. The zero-order chi connectivity index (χ0) is 13.9. The van der Waals surface area contributed by atoms with Crippen molar-refractivity contribution < 1.29 is 4.79 Å². The molecule has 0 bridgehead atoms. The second-order valence-electron chi connectivity index (χ2n) is 5.44. The van der Waals surface area contributed by atoms with Crippen molar-refractivity contribution in [2.45, 2.75) is 39.0 Å². The SMILES string of the molecule is CCC1(CNc2cc(C(N)=O)c(N)cn2)CCCC1. The van der Waals surface area contributed by atoms with Gasteiger partial charge in [0.05, 0.1) is 17.4 Å². The van der Waals surface area contributed by atoms with Crippen molar-refractivity contribution in [3.05, 3.63) is 17.8 Å². The van der Waals surface area contributed by atoms with E-state index in [1.165, 1.54) is 31.9 Å². The lowest BCUT2D eigenvalue weighted by Gasteiger charge is -2.28. The second-order valence-corrected chi connectivity index (χ2v) is 5.44. The molecular formula is C14H22N4O. The lowest BCUT2D eigenvalue weighted by atomic mass is 9.83. The molecule has 0 unspecified atom stereocenters. The molecule has 1 amide bonds. The number of hydrogen-bond donors (Lipinski definition) is 3. The maximum atomic E-state index is 11.2. The first-order chi connectivity index (χ1) is 9.06. The van der Waals surface area contributed by atoms with Crippen LogP contribution < -0.4 is 16.8 Å². The molecular weight excluding hydrogens is 240 g/mol. The Morgan fingerprint density at radius 1 is 1.47 bits per heavy atom. The van der Waals surface area contributed by atoms with E-state index in [1.54, 1.807) is 6.07 Å². The molecule has 1 fully saturated rings. The summed E-state index contributed by atoms with van der Waals surface area (Å²) in [6.45, 7) is 3.12. The summed E-state index contributed by atoms with van der Waals surface area (Å²) in [5.74, 6) is 0.150. The Bertz CT molecular complexity index is 467. The van der Waals surface area contributed by atoms with Gasteiger partial charge in [0, 0.05) is 6.54 Å². The number of nitrogen functional groups attached to an aromatic ring is 1. The molecule has 0 atom stereocenters. The topological polar surface area (TPSA) is 94.0 Å². The highest BCUT2D eigenvalue weighted by atomic mass is 16.1. The zero-order valence-electron chi connectivity index (χ0n) is 11.4. The van der Waals surface area contributed by atoms with Gasteiger partial charge in [-0.05, 0) is 30.7 Å². The van der Waals surface area contributed by atoms with Crippen LogP contribution in [-0.2, 0) is 0 Å². The number of anilines is 2. The fraction of sp³-hybridized carbons (Fsp3) is 0.571. The minimum atomic E-state index is -0.519. The summed E-state index contributed by atoms with van der Waals surface area (Å²) in [5.41, 5.74) is 12.0. The number of amides is 1. The number of rotatable bonds is 5. The van der Waals surface area contributed by atoms with E-state index < -0.39 is 5.91 Å². The molecule has 1 heterocycles. The van der Waals surface area contributed by atoms with E-state index in [9.17, 15) is 4.79 Å². The first-order valence-corrected chi connectivity index (χ1v) is 6.85. The van der Waals surface area contributed by atoms with Crippen molar-refractivity contribution in [3.63, 3.8) is 0 Å². The number of carbonyl (C=O) groups excluding carboxylic acids is 1. The van der Waals surface area contributed by atoms with Crippen LogP contribution in [0.1, 0.15) is 49.4 Å². The summed E-state index contributed by atoms with van der Waals surface area (Å²) in [6, 6.07) is 1.63. The molecule has 0 spiro atoms. The first-order valence-electron chi connectivity index (χ1n) is 6.85. The van der Waals surface area contributed by atoms with Crippen LogP contribution in [0.5, 0.6) is 0 Å². The minimum Gasteiger partial charge on any atom is -0.397 e. The molecule has 1 aromatic heterocycles. The molecule has 104 valence electrons. The van der Waals surface area contributed by atoms with Gasteiger partial charge in [-0.3, -0.25) is 4.79 Å². The summed E-state index contributed by atoms with van der Waals surface area (Å²) in [5, 5.41) is 3.33. The van der Waals surface area contributed by atoms with Crippen molar-refractivity contribution in [1.29, 1.82) is 0 Å². The molecule has 1 aliphatic rings. The van der Waals surface area contributed by atoms with E-state index in [0.29, 0.717) is 22.5 Å². The quantitative estimate of drug-likeness (QED) is 0.757. The summed E-state index contributed by atoms with van der Waals surface area (Å²) >= 11 is 0. The number of carbonyl (C=O) groups is 1. The van der Waals surface area contributed by atoms with Gasteiger partial charge in [0.2, 0.25) is 0 Å². The highest BCUT2D eigenvalue weighted by Crippen LogP contribution is 2.40. The van der Waals surface area contributed by atoms with Crippen molar-refractivity contribution >= 4 is 17.4 Å². The Hall–Kier alpha value is -1.78. The normalized spacial score (nSPS) is 17.3. The Labute approximate surface area is 113 Å². The van der Waals surface area contributed by atoms with Crippen LogP contribution in [0.3, 0.4) is 0 Å². The molecule has 0 radical (unpaired) electrons. The average molecular weight is 262 g/mol. The Morgan fingerprint density at radius 2 is 2.16 bits per heavy atom. The van der Waals surface area contributed by atoms with Gasteiger partial charge in [-0.2, -0.15) is 0 Å². The third-order valence-corrected chi connectivity index (χ3v) is 4.26. The summed E-state index contributed by atoms with van der Waals surface area (Å²) in [7, 11) is 0. The van der Waals surface area contributed by atoms with Gasteiger partial charge in [0.1, 0.15) is 5.82 Å². The van der Waals surface area contributed by atoms with E-state index >= 15 is 0 Å². The highest BCUT2D eigenvalue weighted by molar-refractivity contribution is 5.98. The van der Waals surface area contributed by atoms with Crippen LogP contribution in [0.4, 0.5) is 11.5 Å². The van der Waals surface area contributed by atoms with Crippen LogP contribution in [-0.4, -0.2) is 17.4 Å². The smallest absolute Gasteiger partial charge is 0.250 e. The van der Waals surface area contributed by atoms with Crippen LogP contribution >= 0.6 is 0 Å². The van der Waals surface area contributed by atoms with Gasteiger partial charge >= 0.3 is 0 Å². The van der Waals surface area contributed by atoms with Gasteiger partial charge in [-0.25, -0.2) is 4.98 Å². The van der Waals surface area contributed by atoms with Gasteiger partial charge in [-0.15, -0.1) is 0 Å². The van der Waals surface area contributed by atoms with Crippen molar-refractivity contribution in [2.75, 3.05) is 17.6 Å². The maximum Gasteiger partial charge on any atom is 0.250 e. The van der Waals surface area contributed by atoms with E-state index in [0.717, 1.165) is 13.0 Å². The predicted octanol–water partition coefficient (Wildman–Crippen LogP) is 2.14. The van der Waals surface area contributed by atoms with Crippen LogP contribution in [0.25, 0.3) is 0 Å². The van der Waals surface area contributed by atoms with E-state index in [-0.39, 0.29) is 0 Å². The van der Waals surface area contributed by atoms with Gasteiger partial charge in [-0.1, -0.05) is 19.8 Å². The molecule has 2 rings (SSSR count). The maximum absolute atomic E-state index is 11.2. The Balaban J connectivity index is 2.07. The molecule has 5 heteroatoms. The molecule has 19 heavy (non-hydrogen) atoms. The number of primary amides is 1. The van der Waals surface area contributed by atoms with Gasteiger partial charge in [0.25, 0.3) is 5.91 Å². The highest BCUT2D eigenvalue weighted by Gasteiger charge is 2.31.